The van der Waals surface area contributed by atoms with Crippen LogP contribution in [0.15, 0.2) is 0 Å². The zero-order chi connectivity index (χ0) is 9.23. The molecule has 0 saturated carbocycles. The number of nitrogens with two attached hydrogens (primary N) is 1. The van der Waals surface area contributed by atoms with Crippen LogP contribution < -0.4 is 5.73 Å². The number of rotatable bonds is 8. The van der Waals surface area contributed by atoms with Crippen LogP contribution in [0.4, 0.5) is 0 Å². The first-order valence-electron chi connectivity index (χ1n) is 4.61. The van der Waals surface area contributed by atoms with Crippen LogP contribution in [0.1, 0.15) is 44.9 Å². The molecule has 0 aromatic rings. The summed E-state index contributed by atoms with van der Waals surface area (Å²) in [5.41, 5.74) is 5.01. The van der Waals surface area contributed by atoms with Crippen molar-refractivity contribution in [3.05, 3.63) is 0 Å². The largest absolute Gasteiger partial charge is 0.370 e. The Morgan fingerprint density at radius 2 is 1.50 bits per heavy atom. The molecule has 0 saturated heterocycles. The predicted molar refractivity (Wildman–Crippen MR) is 55.3 cm³/mol. The first-order valence-corrected chi connectivity index (χ1v) is 5.74. The van der Waals surface area contributed by atoms with E-state index >= 15 is 0 Å². The normalized spacial score (nSPS) is 10.1. The molecule has 12 heavy (non-hydrogen) atoms. The lowest BCUT2D eigenvalue weighted by Gasteiger charge is -1.98. The van der Waals surface area contributed by atoms with E-state index in [1.54, 1.807) is 0 Å². The van der Waals surface area contributed by atoms with E-state index in [4.69, 9.17) is 5.73 Å². The SMILES string of the molecule is NC(=O)CCCCCCCCBr. The van der Waals surface area contributed by atoms with Gasteiger partial charge < -0.3 is 5.73 Å². The molecule has 0 aliphatic carbocycles. The van der Waals surface area contributed by atoms with Gasteiger partial charge in [0.25, 0.3) is 0 Å². The van der Waals surface area contributed by atoms with Crippen molar-refractivity contribution in [3.8, 4) is 0 Å². The van der Waals surface area contributed by atoms with E-state index in [1.807, 2.05) is 0 Å². The summed E-state index contributed by atoms with van der Waals surface area (Å²) in [6.45, 7) is 0. The maximum Gasteiger partial charge on any atom is 0.217 e. The van der Waals surface area contributed by atoms with Crippen LogP contribution in [0.25, 0.3) is 0 Å². The monoisotopic (exact) mass is 235 g/mol. The van der Waals surface area contributed by atoms with Gasteiger partial charge in [0.05, 0.1) is 0 Å². The second-order valence-electron chi connectivity index (χ2n) is 3.03. The molecule has 0 rings (SSSR count). The summed E-state index contributed by atoms with van der Waals surface area (Å²) in [5, 5.41) is 1.11. The maximum absolute atomic E-state index is 10.4. The van der Waals surface area contributed by atoms with E-state index in [0.29, 0.717) is 6.42 Å². The van der Waals surface area contributed by atoms with Crippen molar-refractivity contribution < 1.29 is 4.79 Å². The third-order valence-corrected chi connectivity index (χ3v) is 2.37. The zero-order valence-electron chi connectivity index (χ0n) is 7.52. The Bertz CT molecular complexity index is 117. The molecule has 0 aromatic carbocycles. The summed E-state index contributed by atoms with van der Waals surface area (Å²) >= 11 is 3.39. The number of carbonyl (C=O) groups excluding carboxylic acids is 1. The van der Waals surface area contributed by atoms with E-state index in [0.717, 1.165) is 18.2 Å². The molecule has 0 aromatic heterocycles. The molecule has 0 spiro atoms. The minimum absolute atomic E-state index is 0.171. The Hall–Kier alpha value is -0.0500. The van der Waals surface area contributed by atoms with Crippen molar-refractivity contribution in [1.29, 1.82) is 0 Å². The first-order chi connectivity index (χ1) is 5.77. The lowest BCUT2D eigenvalue weighted by atomic mass is 10.1. The summed E-state index contributed by atoms with van der Waals surface area (Å²) in [6.07, 6.45) is 7.73. The third kappa shape index (κ3) is 9.95. The Morgan fingerprint density at radius 1 is 1.00 bits per heavy atom. The van der Waals surface area contributed by atoms with Crippen molar-refractivity contribution in [1.82, 2.24) is 0 Å². The molecule has 72 valence electrons. The van der Waals surface area contributed by atoms with Gasteiger partial charge >= 0.3 is 0 Å². The van der Waals surface area contributed by atoms with Crippen LogP contribution >= 0.6 is 15.9 Å². The zero-order valence-corrected chi connectivity index (χ0v) is 9.11. The number of hydrogen-bond acceptors (Lipinski definition) is 1. The number of alkyl halides is 1. The number of hydrogen-bond donors (Lipinski definition) is 1. The highest BCUT2D eigenvalue weighted by atomic mass is 79.9. The highest BCUT2D eigenvalue weighted by Gasteiger charge is 1.94. The van der Waals surface area contributed by atoms with Crippen molar-refractivity contribution in [2.45, 2.75) is 44.9 Å². The van der Waals surface area contributed by atoms with Crippen molar-refractivity contribution >= 4 is 21.8 Å². The second-order valence-corrected chi connectivity index (χ2v) is 3.82. The number of halogens is 1. The van der Waals surface area contributed by atoms with Gasteiger partial charge in [-0.05, 0) is 12.8 Å². The molecule has 0 unspecified atom stereocenters. The number of carbonyl (C=O) groups is 1. The highest BCUT2D eigenvalue weighted by molar-refractivity contribution is 9.09. The van der Waals surface area contributed by atoms with Crippen molar-refractivity contribution in [3.63, 3.8) is 0 Å². The summed E-state index contributed by atoms with van der Waals surface area (Å²) in [5.74, 6) is -0.171. The van der Waals surface area contributed by atoms with Gasteiger partial charge in [0, 0.05) is 11.8 Å². The summed E-state index contributed by atoms with van der Waals surface area (Å²) < 4.78 is 0. The van der Waals surface area contributed by atoms with E-state index in [9.17, 15) is 4.79 Å². The lowest BCUT2D eigenvalue weighted by molar-refractivity contribution is -0.118. The standard InChI is InChI=1S/C9H18BrNO/c10-8-6-4-2-1-3-5-7-9(11)12/h1-8H2,(H2,11,12). The van der Waals surface area contributed by atoms with Crippen molar-refractivity contribution in [2.75, 3.05) is 5.33 Å². The topological polar surface area (TPSA) is 43.1 Å². The van der Waals surface area contributed by atoms with Gasteiger partial charge in [0.1, 0.15) is 0 Å². The van der Waals surface area contributed by atoms with Crippen LogP contribution in [-0.4, -0.2) is 11.2 Å². The van der Waals surface area contributed by atoms with E-state index in [1.165, 1.54) is 25.7 Å². The Balaban J connectivity index is 2.86. The van der Waals surface area contributed by atoms with Gasteiger partial charge in [-0.15, -0.1) is 0 Å². The van der Waals surface area contributed by atoms with Gasteiger partial charge in [-0.2, -0.15) is 0 Å². The molecule has 0 fully saturated rings. The van der Waals surface area contributed by atoms with Gasteiger partial charge in [-0.1, -0.05) is 41.6 Å². The molecule has 3 heteroatoms. The molecule has 2 N–H and O–H groups in total. The highest BCUT2D eigenvalue weighted by Crippen LogP contribution is 2.07. The summed E-state index contributed by atoms with van der Waals surface area (Å²) in [7, 11) is 0. The molecular formula is C9H18BrNO. The smallest absolute Gasteiger partial charge is 0.217 e. The number of primary amides is 1. The minimum Gasteiger partial charge on any atom is -0.370 e. The molecular weight excluding hydrogens is 218 g/mol. The molecule has 0 aliphatic heterocycles. The quantitative estimate of drug-likeness (QED) is 0.510. The van der Waals surface area contributed by atoms with E-state index in [-0.39, 0.29) is 5.91 Å². The summed E-state index contributed by atoms with van der Waals surface area (Å²) in [6, 6.07) is 0. The number of unbranched alkanes of at least 4 members (excludes halogenated alkanes) is 5. The van der Waals surface area contributed by atoms with Crippen LogP contribution in [-0.2, 0) is 4.79 Å². The van der Waals surface area contributed by atoms with E-state index < -0.39 is 0 Å². The van der Waals surface area contributed by atoms with Gasteiger partial charge in [-0.25, -0.2) is 0 Å². The lowest BCUT2D eigenvalue weighted by Crippen LogP contribution is -2.09. The maximum atomic E-state index is 10.4. The second kappa shape index (κ2) is 9.04. The molecule has 0 bridgehead atoms. The van der Waals surface area contributed by atoms with Crippen LogP contribution in [0.5, 0.6) is 0 Å². The third-order valence-electron chi connectivity index (χ3n) is 1.81. The predicted octanol–water partition coefficient (Wildman–Crippen LogP) is 2.60. The fourth-order valence-corrected chi connectivity index (χ4v) is 1.50. The minimum atomic E-state index is -0.171. The average molecular weight is 236 g/mol. The molecule has 1 amide bonds. The van der Waals surface area contributed by atoms with Gasteiger partial charge in [0.15, 0.2) is 0 Å². The van der Waals surface area contributed by atoms with E-state index in [2.05, 4.69) is 15.9 Å². The summed E-state index contributed by atoms with van der Waals surface area (Å²) in [4.78, 5) is 10.4. The fraction of sp³-hybridized carbons (Fsp3) is 0.889. The first kappa shape index (κ1) is 11.9. The molecule has 0 aliphatic rings. The molecule has 0 radical (unpaired) electrons. The molecule has 0 heterocycles. The van der Waals surface area contributed by atoms with Crippen LogP contribution in [0, 0.1) is 0 Å². The molecule has 2 nitrogen and oxygen atoms in total. The van der Waals surface area contributed by atoms with Gasteiger partial charge in [0.2, 0.25) is 5.91 Å². The Labute approximate surface area is 83.0 Å². The van der Waals surface area contributed by atoms with Crippen molar-refractivity contribution in [2.24, 2.45) is 5.73 Å². The fourth-order valence-electron chi connectivity index (χ4n) is 1.10. The van der Waals surface area contributed by atoms with Crippen LogP contribution in [0.3, 0.4) is 0 Å². The molecule has 0 atom stereocenters. The van der Waals surface area contributed by atoms with Gasteiger partial charge in [-0.3, -0.25) is 4.79 Å². The van der Waals surface area contributed by atoms with Crippen LogP contribution in [0.2, 0.25) is 0 Å². The Morgan fingerprint density at radius 3 is 2.00 bits per heavy atom. The average Bonchev–Trinajstić information content (AvgIpc) is 2.02. The number of amides is 1. The Kier molecular flexibility index (Phi) is 9.00.